The van der Waals surface area contributed by atoms with E-state index in [1.807, 2.05) is 55.5 Å². The van der Waals surface area contributed by atoms with Gasteiger partial charge in [0.1, 0.15) is 18.1 Å². The highest BCUT2D eigenvalue weighted by Crippen LogP contribution is 2.20. The minimum Gasteiger partial charge on any atom is -0.494 e. The van der Waals surface area contributed by atoms with E-state index in [1.54, 1.807) is 0 Å². The SMILES string of the molecule is CCOc1ccc(OCCNc2ccccc2Cl)cc1. The van der Waals surface area contributed by atoms with Crippen molar-refractivity contribution in [3.63, 3.8) is 0 Å². The molecule has 2 rings (SSSR count). The van der Waals surface area contributed by atoms with Crippen LogP contribution in [-0.2, 0) is 0 Å². The molecule has 0 fully saturated rings. The molecule has 0 amide bonds. The summed E-state index contributed by atoms with van der Waals surface area (Å²) in [6.07, 6.45) is 0. The van der Waals surface area contributed by atoms with Crippen molar-refractivity contribution in [3.8, 4) is 11.5 Å². The number of halogens is 1. The van der Waals surface area contributed by atoms with Crippen molar-refractivity contribution >= 4 is 17.3 Å². The minimum atomic E-state index is 0.569. The number of nitrogens with one attached hydrogen (secondary N) is 1. The first-order valence-corrected chi connectivity index (χ1v) is 7.01. The highest BCUT2D eigenvalue weighted by atomic mass is 35.5. The Morgan fingerprint density at radius 3 is 2.25 bits per heavy atom. The van der Waals surface area contributed by atoms with Gasteiger partial charge in [-0.15, -0.1) is 0 Å². The van der Waals surface area contributed by atoms with Gasteiger partial charge in [0, 0.05) is 6.54 Å². The maximum Gasteiger partial charge on any atom is 0.119 e. The monoisotopic (exact) mass is 291 g/mol. The number of hydrogen-bond acceptors (Lipinski definition) is 3. The van der Waals surface area contributed by atoms with Gasteiger partial charge >= 0.3 is 0 Å². The van der Waals surface area contributed by atoms with Crippen molar-refractivity contribution in [1.29, 1.82) is 0 Å². The molecule has 0 saturated heterocycles. The first-order chi connectivity index (χ1) is 9.79. The van der Waals surface area contributed by atoms with E-state index < -0.39 is 0 Å². The number of rotatable bonds is 7. The standard InChI is InChI=1S/C16H18ClNO2/c1-2-19-13-7-9-14(10-8-13)20-12-11-18-16-6-4-3-5-15(16)17/h3-10,18H,2,11-12H2,1H3. The van der Waals surface area contributed by atoms with Gasteiger partial charge in [-0.25, -0.2) is 0 Å². The molecule has 0 bridgehead atoms. The van der Waals surface area contributed by atoms with E-state index in [9.17, 15) is 0 Å². The molecule has 0 aliphatic rings. The predicted octanol–water partition coefficient (Wildman–Crippen LogP) is 4.23. The molecular formula is C16H18ClNO2. The minimum absolute atomic E-state index is 0.569. The molecule has 0 aromatic heterocycles. The largest absolute Gasteiger partial charge is 0.494 e. The van der Waals surface area contributed by atoms with Gasteiger partial charge < -0.3 is 14.8 Å². The van der Waals surface area contributed by atoms with Crippen LogP contribution in [0, 0.1) is 0 Å². The molecule has 0 aliphatic heterocycles. The fourth-order valence-electron chi connectivity index (χ4n) is 1.76. The highest BCUT2D eigenvalue weighted by Gasteiger charge is 1.98. The van der Waals surface area contributed by atoms with Crippen LogP contribution in [0.15, 0.2) is 48.5 Å². The fraction of sp³-hybridized carbons (Fsp3) is 0.250. The zero-order valence-electron chi connectivity index (χ0n) is 11.4. The van der Waals surface area contributed by atoms with E-state index >= 15 is 0 Å². The summed E-state index contributed by atoms with van der Waals surface area (Å²) in [4.78, 5) is 0. The smallest absolute Gasteiger partial charge is 0.119 e. The van der Waals surface area contributed by atoms with Crippen molar-refractivity contribution in [3.05, 3.63) is 53.6 Å². The number of hydrogen-bond donors (Lipinski definition) is 1. The van der Waals surface area contributed by atoms with Gasteiger partial charge in [0.2, 0.25) is 0 Å². The fourth-order valence-corrected chi connectivity index (χ4v) is 1.96. The molecule has 20 heavy (non-hydrogen) atoms. The lowest BCUT2D eigenvalue weighted by molar-refractivity contribution is 0.326. The van der Waals surface area contributed by atoms with Gasteiger partial charge in [-0.3, -0.25) is 0 Å². The number of ether oxygens (including phenoxy) is 2. The van der Waals surface area contributed by atoms with Crippen molar-refractivity contribution in [1.82, 2.24) is 0 Å². The molecule has 0 saturated carbocycles. The van der Waals surface area contributed by atoms with Crippen molar-refractivity contribution in [2.75, 3.05) is 25.1 Å². The second-order valence-corrected chi connectivity index (χ2v) is 4.57. The lowest BCUT2D eigenvalue weighted by Gasteiger charge is -2.10. The lowest BCUT2D eigenvalue weighted by atomic mass is 10.3. The van der Waals surface area contributed by atoms with Crippen molar-refractivity contribution < 1.29 is 9.47 Å². The van der Waals surface area contributed by atoms with Crippen LogP contribution in [0.3, 0.4) is 0 Å². The van der Waals surface area contributed by atoms with E-state index in [2.05, 4.69) is 5.32 Å². The molecule has 0 heterocycles. The average molecular weight is 292 g/mol. The van der Waals surface area contributed by atoms with Gasteiger partial charge in [-0.05, 0) is 43.3 Å². The maximum absolute atomic E-state index is 6.05. The van der Waals surface area contributed by atoms with E-state index in [0.717, 1.165) is 17.2 Å². The van der Waals surface area contributed by atoms with E-state index in [4.69, 9.17) is 21.1 Å². The van der Waals surface area contributed by atoms with Crippen LogP contribution in [0.1, 0.15) is 6.92 Å². The third-order valence-electron chi connectivity index (χ3n) is 2.69. The van der Waals surface area contributed by atoms with Crippen LogP contribution < -0.4 is 14.8 Å². The molecule has 3 nitrogen and oxygen atoms in total. The second-order valence-electron chi connectivity index (χ2n) is 4.16. The van der Waals surface area contributed by atoms with Gasteiger partial charge in [0.25, 0.3) is 0 Å². The molecule has 0 radical (unpaired) electrons. The normalized spacial score (nSPS) is 10.1. The first-order valence-electron chi connectivity index (χ1n) is 6.63. The van der Waals surface area contributed by atoms with Crippen LogP contribution in [0.5, 0.6) is 11.5 Å². The predicted molar refractivity (Wildman–Crippen MR) is 83.0 cm³/mol. The van der Waals surface area contributed by atoms with Gasteiger partial charge in [0.05, 0.1) is 17.3 Å². The summed E-state index contributed by atoms with van der Waals surface area (Å²) >= 11 is 6.05. The summed E-state index contributed by atoms with van der Waals surface area (Å²) in [5.74, 6) is 1.68. The summed E-state index contributed by atoms with van der Waals surface area (Å²) < 4.78 is 11.0. The zero-order chi connectivity index (χ0) is 14.2. The summed E-state index contributed by atoms with van der Waals surface area (Å²) in [7, 11) is 0. The third-order valence-corrected chi connectivity index (χ3v) is 3.02. The van der Waals surface area contributed by atoms with E-state index in [1.165, 1.54) is 0 Å². The molecule has 106 valence electrons. The van der Waals surface area contributed by atoms with E-state index in [0.29, 0.717) is 24.8 Å². The zero-order valence-corrected chi connectivity index (χ0v) is 12.2. The molecule has 1 N–H and O–H groups in total. The Bertz CT molecular complexity index is 528. The molecule has 0 spiro atoms. The average Bonchev–Trinajstić information content (AvgIpc) is 2.47. The molecule has 2 aromatic rings. The van der Waals surface area contributed by atoms with Crippen LogP contribution in [0.2, 0.25) is 5.02 Å². The second kappa shape index (κ2) is 7.65. The number of para-hydroxylation sites is 1. The number of anilines is 1. The Morgan fingerprint density at radius 2 is 1.60 bits per heavy atom. The Morgan fingerprint density at radius 1 is 0.950 bits per heavy atom. The van der Waals surface area contributed by atoms with Crippen LogP contribution in [-0.4, -0.2) is 19.8 Å². The quantitative estimate of drug-likeness (QED) is 0.774. The summed E-state index contributed by atoms with van der Waals surface area (Å²) in [5, 5.41) is 3.95. The first kappa shape index (κ1) is 14.5. The highest BCUT2D eigenvalue weighted by molar-refractivity contribution is 6.33. The molecular weight excluding hydrogens is 274 g/mol. The third kappa shape index (κ3) is 4.35. The van der Waals surface area contributed by atoms with Crippen LogP contribution >= 0.6 is 11.6 Å². The van der Waals surface area contributed by atoms with Crippen molar-refractivity contribution in [2.45, 2.75) is 6.92 Å². The molecule has 0 unspecified atom stereocenters. The molecule has 4 heteroatoms. The molecule has 0 atom stereocenters. The van der Waals surface area contributed by atoms with E-state index in [-0.39, 0.29) is 0 Å². The Balaban J connectivity index is 1.74. The summed E-state index contributed by atoms with van der Waals surface area (Å²) in [6.45, 7) is 3.89. The topological polar surface area (TPSA) is 30.5 Å². The summed E-state index contributed by atoms with van der Waals surface area (Å²) in [5.41, 5.74) is 0.921. The summed E-state index contributed by atoms with van der Waals surface area (Å²) in [6, 6.07) is 15.3. The Labute approximate surface area is 124 Å². The van der Waals surface area contributed by atoms with Crippen molar-refractivity contribution in [2.24, 2.45) is 0 Å². The van der Waals surface area contributed by atoms with Gasteiger partial charge in [-0.2, -0.15) is 0 Å². The maximum atomic E-state index is 6.05. The molecule has 0 aliphatic carbocycles. The number of benzene rings is 2. The van der Waals surface area contributed by atoms with Gasteiger partial charge in [0.15, 0.2) is 0 Å². The lowest BCUT2D eigenvalue weighted by Crippen LogP contribution is -2.11. The Kier molecular flexibility index (Phi) is 5.56. The van der Waals surface area contributed by atoms with Crippen LogP contribution in [0.4, 0.5) is 5.69 Å². The Hall–Kier alpha value is -1.87. The molecule has 2 aromatic carbocycles. The van der Waals surface area contributed by atoms with Gasteiger partial charge in [-0.1, -0.05) is 23.7 Å². The van der Waals surface area contributed by atoms with Crippen LogP contribution in [0.25, 0.3) is 0 Å².